The molecule has 1 aromatic heterocycles. The molecule has 8 heteroatoms. The third-order valence-electron chi connectivity index (χ3n) is 3.15. The maximum absolute atomic E-state index is 12.0. The van der Waals surface area contributed by atoms with Crippen molar-refractivity contribution in [3.8, 4) is 5.88 Å². The Kier molecular flexibility index (Phi) is 4.61. The summed E-state index contributed by atoms with van der Waals surface area (Å²) in [6.07, 6.45) is -2.23. The van der Waals surface area contributed by atoms with Crippen molar-refractivity contribution < 1.29 is 22.7 Å². The fraction of sp³-hybridized carbons (Fsp3) is 0.538. The van der Waals surface area contributed by atoms with Gasteiger partial charge in [-0.05, 0) is 24.0 Å². The monoisotopic (exact) mass is 322 g/mol. The van der Waals surface area contributed by atoms with Crippen LogP contribution in [0.3, 0.4) is 0 Å². The number of ether oxygens (including phenoxy) is 1. The third-order valence-corrected chi connectivity index (χ3v) is 3.42. The molecule has 0 spiro atoms. The van der Waals surface area contributed by atoms with Crippen LogP contribution in [-0.4, -0.2) is 23.7 Å². The predicted octanol–water partition coefficient (Wildman–Crippen LogP) is 2.95. The summed E-state index contributed by atoms with van der Waals surface area (Å²) in [7, 11) is 0. The summed E-state index contributed by atoms with van der Waals surface area (Å²) in [5, 5.41) is 2.71. The number of nitrogens with zero attached hydrogens (tertiary/aromatic N) is 1. The molecule has 0 aromatic carbocycles. The van der Waals surface area contributed by atoms with Crippen molar-refractivity contribution in [1.82, 2.24) is 10.3 Å². The zero-order valence-electron chi connectivity index (χ0n) is 11.2. The molecule has 2 rings (SSSR count). The highest BCUT2D eigenvalue weighted by atomic mass is 35.5. The number of hydrogen-bond donors (Lipinski definition) is 1. The summed E-state index contributed by atoms with van der Waals surface area (Å²) < 4.78 is 40.6. The van der Waals surface area contributed by atoms with Crippen molar-refractivity contribution >= 4 is 17.5 Å². The number of carbonyl (C=O) groups excluding carboxylic acids is 1. The molecule has 1 fully saturated rings. The normalized spacial score (nSPS) is 21.0. The van der Waals surface area contributed by atoms with Crippen molar-refractivity contribution in [2.24, 2.45) is 11.8 Å². The van der Waals surface area contributed by atoms with Crippen molar-refractivity contribution in [3.05, 3.63) is 22.8 Å². The minimum atomic E-state index is -4.45. The Hall–Kier alpha value is -1.50. The molecule has 1 amide bonds. The molecule has 1 aliphatic carbocycles. The lowest BCUT2D eigenvalue weighted by molar-refractivity contribution is -0.154. The summed E-state index contributed by atoms with van der Waals surface area (Å²) in [5.41, 5.74) is 0.598. The van der Waals surface area contributed by atoms with Gasteiger partial charge in [-0.2, -0.15) is 13.2 Å². The fourth-order valence-electron chi connectivity index (χ4n) is 1.83. The van der Waals surface area contributed by atoms with Crippen molar-refractivity contribution in [2.75, 3.05) is 6.61 Å². The van der Waals surface area contributed by atoms with Crippen molar-refractivity contribution in [2.45, 2.75) is 26.1 Å². The Labute approximate surface area is 124 Å². The molecule has 2 unspecified atom stereocenters. The lowest BCUT2D eigenvalue weighted by Crippen LogP contribution is -2.25. The van der Waals surface area contributed by atoms with E-state index in [1.165, 1.54) is 12.3 Å². The standard InChI is InChI=1S/C13H14ClF3N2O2/c1-7-2-9(7)11(20)18-4-8-3-10(14)12(19-5-8)21-6-13(15,16)17/h3,5,7,9H,2,4,6H2,1H3,(H,18,20). The minimum absolute atomic E-state index is 0.0224. The number of halogens is 4. The maximum Gasteiger partial charge on any atom is 0.422 e. The summed E-state index contributed by atoms with van der Waals surface area (Å²) in [6, 6.07) is 1.43. The van der Waals surface area contributed by atoms with Gasteiger partial charge in [0.1, 0.15) is 5.02 Å². The van der Waals surface area contributed by atoms with Gasteiger partial charge in [0.15, 0.2) is 6.61 Å². The number of pyridine rings is 1. The zero-order valence-corrected chi connectivity index (χ0v) is 12.0. The lowest BCUT2D eigenvalue weighted by atomic mass is 10.2. The first-order valence-corrected chi connectivity index (χ1v) is 6.76. The van der Waals surface area contributed by atoms with Crippen LogP contribution in [0.2, 0.25) is 5.02 Å². The molecule has 116 valence electrons. The van der Waals surface area contributed by atoms with E-state index in [9.17, 15) is 18.0 Å². The molecule has 1 N–H and O–H groups in total. The number of amides is 1. The quantitative estimate of drug-likeness (QED) is 0.906. The van der Waals surface area contributed by atoms with Gasteiger partial charge in [-0.25, -0.2) is 4.98 Å². The zero-order chi connectivity index (χ0) is 15.6. The molecule has 0 bridgehead atoms. The van der Waals surface area contributed by atoms with E-state index in [1.54, 1.807) is 0 Å². The van der Waals surface area contributed by atoms with Gasteiger partial charge in [0.2, 0.25) is 11.8 Å². The van der Waals surface area contributed by atoms with E-state index in [2.05, 4.69) is 15.0 Å². The number of alkyl halides is 3. The number of hydrogen-bond acceptors (Lipinski definition) is 3. The molecule has 0 radical (unpaired) electrons. The van der Waals surface area contributed by atoms with Gasteiger partial charge < -0.3 is 10.1 Å². The lowest BCUT2D eigenvalue weighted by Gasteiger charge is -2.10. The third kappa shape index (κ3) is 4.77. The molecule has 4 nitrogen and oxygen atoms in total. The van der Waals surface area contributed by atoms with Crippen LogP contribution in [0.4, 0.5) is 13.2 Å². The van der Waals surface area contributed by atoms with E-state index in [1.807, 2.05) is 6.92 Å². The molecule has 1 heterocycles. The molecule has 21 heavy (non-hydrogen) atoms. The first kappa shape index (κ1) is 15.9. The Bertz CT molecular complexity index is 537. The molecule has 1 aromatic rings. The number of carbonyl (C=O) groups is 1. The molecule has 0 aliphatic heterocycles. The summed E-state index contributed by atoms with van der Waals surface area (Å²) in [5.74, 6) is 0.156. The topological polar surface area (TPSA) is 51.2 Å². The van der Waals surface area contributed by atoms with Crippen LogP contribution in [0.25, 0.3) is 0 Å². The van der Waals surface area contributed by atoms with E-state index in [0.29, 0.717) is 11.5 Å². The highest BCUT2D eigenvalue weighted by Gasteiger charge is 2.38. The van der Waals surface area contributed by atoms with Crippen LogP contribution in [0.15, 0.2) is 12.3 Å². The van der Waals surface area contributed by atoms with Gasteiger partial charge in [0.25, 0.3) is 0 Å². The molecule has 1 saturated carbocycles. The first-order chi connectivity index (χ1) is 9.76. The van der Waals surface area contributed by atoms with E-state index < -0.39 is 12.8 Å². The van der Waals surface area contributed by atoms with Gasteiger partial charge in [-0.1, -0.05) is 18.5 Å². The predicted molar refractivity (Wildman–Crippen MR) is 69.9 cm³/mol. The number of rotatable bonds is 5. The van der Waals surface area contributed by atoms with Gasteiger partial charge in [0.05, 0.1) is 0 Å². The van der Waals surface area contributed by atoms with E-state index in [4.69, 9.17) is 11.6 Å². The van der Waals surface area contributed by atoms with Crippen LogP contribution < -0.4 is 10.1 Å². The van der Waals surface area contributed by atoms with Crippen LogP contribution >= 0.6 is 11.6 Å². The Morgan fingerprint density at radius 1 is 1.57 bits per heavy atom. The molecule has 2 atom stereocenters. The summed E-state index contributed by atoms with van der Waals surface area (Å²) in [6.45, 7) is 0.777. The Balaban J connectivity index is 1.88. The van der Waals surface area contributed by atoms with Gasteiger partial charge in [0, 0.05) is 18.7 Å². The average molecular weight is 323 g/mol. The molecule has 0 saturated heterocycles. The maximum atomic E-state index is 12.0. The fourth-order valence-corrected chi connectivity index (χ4v) is 2.07. The average Bonchev–Trinajstić information content (AvgIpc) is 3.11. The van der Waals surface area contributed by atoms with Crippen LogP contribution in [0.1, 0.15) is 18.9 Å². The van der Waals surface area contributed by atoms with E-state index in [-0.39, 0.29) is 29.3 Å². The Morgan fingerprint density at radius 2 is 2.24 bits per heavy atom. The second-order valence-electron chi connectivity index (χ2n) is 5.07. The van der Waals surface area contributed by atoms with Crippen LogP contribution in [0, 0.1) is 11.8 Å². The number of aromatic nitrogens is 1. The van der Waals surface area contributed by atoms with E-state index in [0.717, 1.165) is 6.42 Å². The summed E-state index contributed by atoms with van der Waals surface area (Å²) in [4.78, 5) is 15.4. The Morgan fingerprint density at radius 3 is 2.76 bits per heavy atom. The van der Waals surface area contributed by atoms with Crippen molar-refractivity contribution in [1.29, 1.82) is 0 Å². The molecule has 1 aliphatic rings. The smallest absolute Gasteiger partial charge is 0.422 e. The second kappa shape index (κ2) is 6.09. The minimum Gasteiger partial charge on any atom is -0.467 e. The van der Waals surface area contributed by atoms with Gasteiger partial charge in [-0.3, -0.25) is 4.79 Å². The van der Waals surface area contributed by atoms with E-state index >= 15 is 0 Å². The highest BCUT2D eigenvalue weighted by Crippen LogP contribution is 2.37. The SMILES string of the molecule is CC1CC1C(=O)NCc1cnc(OCC(F)(F)F)c(Cl)c1. The van der Waals surface area contributed by atoms with Gasteiger partial charge in [-0.15, -0.1) is 0 Å². The summed E-state index contributed by atoms with van der Waals surface area (Å²) >= 11 is 5.80. The molecular formula is C13H14ClF3N2O2. The highest BCUT2D eigenvalue weighted by molar-refractivity contribution is 6.31. The van der Waals surface area contributed by atoms with Gasteiger partial charge >= 0.3 is 6.18 Å². The van der Waals surface area contributed by atoms with Crippen LogP contribution in [0.5, 0.6) is 5.88 Å². The first-order valence-electron chi connectivity index (χ1n) is 6.38. The number of nitrogens with one attached hydrogen (secondary N) is 1. The van der Waals surface area contributed by atoms with Crippen molar-refractivity contribution in [3.63, 3.8) is 0 Å². The molecular weight excluding hydrogens is 309 g/mol. The van der Waals surface area contributed by atoms with Crippen LogP contribution in [-0.2, 0) is 11.3 Å². The second-order valence-corrected chi connectivity index (χ2v) is 5.48. The largest absolute Gasteiger partial charge is 0.467 e.